The zero-order valence-electron chi connectivity index (χ0n) is 15.2. The van der Waals surface area contributed by atoms with Gasteiger partial charge in [-0.05, 0) is 35.7 Å². The van der Waals surface area contributed by atoms with E-state index in [0.717, 1.165) is 11.1 Å². The second-order valence-electron chi connectivity index (χ2n) is 6.65. The van der Waals surface area contributed by atoms with E-state index in [1.165, 1.54) is 12.1 Å². The van der Waals surface area contributed by atoms with Gasteiger partial charge in [0.05, 0.1) is 5.69 Å². The second kappa shape index (κ2) is 8.18. The molecule has 0 spiro atoms. The normalized spacial score (nSPS) is 14.3. The van der Waals surface area contributed by atoms with Crippen molar-refractivity contribution in [3.05, 3.63) is 59.4 Å². The summed E-state index contributed by atoms with van der Waals surface area (Å²) in [7, 11) is 0. The Morgan fingerprint density at radius 3 is 2.59 bits per heavy atom. The van der Waals surface area contributed by atoms with Crippen molar-refractivity contribution in [2.75, 3.05) is 23.7 Å². The number of anilines is 2. The number of nitrogens with zero attached hydrogens (tertiary/aromatic N) is 1. The number of hydrogen-bond donors (Lipinski definition) is 3. The Balaban J connectivity index is 1.71. The van der Waals surface area contributed by atoms with Crippen molar-refractivity contribution in [3.63, 3.8) is 0 Å². The standard InChI is InChI=1S/C20H23FN4O2/c1-13(11-22)19(26)25-10-9-15-14(12-25)5-4-8-17(15)23-20(27)24-18-7-3-2-6-16(18)21/h2-8,13H,9-12,22H2,1H3,(H2,23,24,27). The number of nitrogens with one attached hydrogen (secondary N) is 2. The van der Waals surface area contributed by atoms with Gasteiger partial charge < -0.3 is 21.3 Å². The Morgan fingerprint density at radius 2 is 1.85 bits per heavy atom. The molecule has 0 saturated carbocycles. The zero-order chi connectivity index (χ0) is 19.4. The lowest BCUT2D eigenvalue weighted by molar-refractivity contribution is -0.135. The molecular weight excluding hydrogens is 347 g/mol. The van der Waals surface area contributed by atoms with Crippen molar-refractivity contribution < 1.29 is 14.0 Å². The lowest BCUT2D eigenvalue weighted by atomic mass is 9.96. The number of halogens is 1. The van der Waals surface area contributed by atoms with Crippen LogP contribution in [0.2, 0.25) is 0 Å². The summed E-state index contributed by atoms with van der Waals surface area (Å²) < 4.78 is 13.7. The monoisotopic (exact) mass is 370 g/mol. The molecule has 1 aliphatic rings. The topological polar surface area (TPSA) is 87.5 Å². The first-order chi connectivity index (χ1) is 13.0. The van der Waals surface area contributed by atoms with Gasteiger partial charge in [-0.3, -0.25) is 4.79 Å². The molecule has 1 heterocycles. The van der Waals surface area contributed by atoms with Crippen molar-refractivity contribution in [1.29, 1.82) is 0 Å². The molecule has 1 unspecified atom stereocenters. The highest BCUT2D eigenvalue weighted by Gasteiger charge is 2.25. The van der Waals surface area contributed by atoms with Crippen molar-refractivity contribution >= 4 is 23.3 Å². The molecule has 1 aliphatic heterocycles. The number of benzene rings is 2. The minimum absolute atomic E-state index is 0.0406. The Morgan fingerprint density at radius 1 is 1.15 bits per heavy atom. The van der Waals surface area contributed by atoms with Crippen LogP contribution in [0.1, 0.15) is 18.1 Å². The summed E-state index contributed by atoms with van der Waals surface area (Å²) in [6, 6.07) is 11.1. The molecule has 0 radical (unpaired) electrons. The average molecular weight is 370 g/mol. The second-order valence-corrected chi connectivity index (χ2v) is 6.65. The van der Waals surface area contributed by atoms with Gasteiger partial charge in [0.15, 0.2) is 0 Å². The minimum Gasteiger partial charge on any atom is -0.338 e. The van der Waals surface area contributed by atoms with Crippen LogP contribution in [0.4, 0.5) is 20.6 Å². The maximum absolute atomic E-state index is 13.7. The van der Waals surface area contributed by atoms with Gasteiger partial charge in [0.25, 0.3) is 0 Å². The van der Waals surface area contributed by atoms with Crippen LogP contribution >= 0.6 is 0 Å². The Kier molecular flexibility index (Phi) is 5.71. The molecule has 0 fully saturated rings. The molecule has 0 saturated heterocycles. The van der Waals surface area contributed by atoms with E-state index in [2.05, 4.69) is 10.6 Å². The predicted octanol–water partition coefficient (Wildman–Crippen LogP) is 2.95. The Labute approximate surface area is 157 Å². The van der Waals surface area contributed by atoms with E-state index in [4.69, 9.17) is 5.73 Å². The van der Waals surface area contributed by atoms with E-state index in [1.54, 1.807) is 23.1 Å². The molecule has 142 valence electrons. The van der Waals surface area contributed by atoms with Gasteiger partial charge in [0, 0.05) is 31.2 Å². The fourth-order valence-corrected chi connectivity index (χ4v) is 3.17. The Bertz CT molecular complexity index is 856. The lowest BCUT2D eigenvalue weighted by Gasteiger charge is -2.31. The summed E-state index contributed by atoms with van der Waals surface area (Å²) in [5, 5.41) is 5.30. The summed E-state index contributed by atoms with van der Waals surface area (Å²) in [6.45, 7) is 3.20. The number of fused-ring (bicyclic) bond motifs is 1. The maximum Gasteiger partial charge on any atom is 0.323 e. The van der Waals surface area contributed by atoms with Gasteiger partial charge in [0.2, 0.25) is 5.91 Å². The number of hydrogen-bond acceptors (Lipinski definition) is 3. The smallest absolute Gasteiger partial charge is 0.323 e. The fraction of sp³-hybridized carbons (Fsp3) is 0.300. The van der Waals surface area contributed by atoms with Gasteiger partial charge in [-0.25, -0.2) is 9.18 Å². The molecule has 3 amide bonds. The van der Waals surface area contributed by atoms with Gasteiger partial charge in [0.1, 0.15) is 5.82 Å². The van der Waals surface area contributed by atoms with Crippen LogP contribution in [0.25, 0.3) is 0 Å². The zero-order valence-corrected chi connectivity index (χ0v) is 15.2. The summed E-state index contributed by atoms with van der Waals surface area (Å²) in [6.07, 6.45) is 0.633. The molecule has 27 heavy (non-hydrogen) atoms. The number of carbonyl (C=O) groups excluding carboxylic acids is 2. The highest BCUT2D eigenvalue weighted by atomic mass is 19.1. The number of amides is 3. The molecule has 0 aromatic heterocycles. The molecular formula is C20H23FN4O2. The first-order valence-corrected chi connectivity index (χ1v) is 8.91. The number of rotatable bonds is 4. The highest BCUT2D eigenvalue weighted by Crippen LogP contribution is 2.27. The number of carbonyl (C=O) groups is 2. The minimum atomic E-state index is -0.510. The third kappa shape index (κ3) is 4.25. The lowest BCUT2D eigenvalue weighted by Crippen LogP contribution is -2.41. The van der Waals surface area contributed by atoms with Crippen LogP contribution in [0, 0.1) is 11.7 Å². The molecule has 4 N–H and O–H groups in total. The van der Waals surface area contributed by atoms with E-state index < -0.39 is 11.8 Å². The van der Waals surface area contributed by atoms with Crippen molar-refractivity contribution in [1.82, 2.24) is 4.90 Å². The third-order valence-electron chi connectivity index (χ3n) is 4.72. The van der Waals surface area contributed by atoms with Crippen molar-refractivity contribution in [3.8, 4) is 0 Å². The first-order valence-electron chi connectivity index (χ1n) is 8.91. The van der Waals surface area contributed by atoms with E-state index >= 15 is 0 Å². The van der Waals surface area contributed by atoms with Gasteiger partial charge in [-0.1, -0.05) is 31.2 Å². The molecule has 6 nitrogen and oxygen atoms in total. The average Bonchev–Trinajstić information content (AvgIpc) is 2.68. The molecule has 2 aromatic rings. The van der Waals surface area contributed by atoms with Gasteiger partial charge in [-0.2, -0.15) is 0 Å². The van der Waals surface area contributed by atoms with Crippen LogP contribution in [0.15, 0.2) is 42.5 Å². The molecule has 3 rings (SSSR count). The quantitative estimate of drug-likeness (QED) is 0.773. The number of nitrogens with two attached hydrogens (primary N) is 1. The summed E-state index contributed by atoms with van der Waals surface area (Å²) in [5.74, 6) is -0.663. The highest BCUT2D eigenvalue weighted by molar-refractivity contribution is 6.00. The van der Waals surface area contributed by atoms with E-state index in [9.17, 15) is 14.0 Å². The van der Waals surface area contributed by atoms with Gasteiger partial charge >= 0.3 is 6.03 Å². The summed E-state index contributed by atoms with van der Waals surface area (Å²) in [4.78, 5) is 26.4. The Hall–Kier alpha value is -2.93. The van der Waals surface area contributed by atoms with Crippen LogP contribution in [-0.4, -0.2) is 29.9 Å². The first kappa shape index (κ1) is 18.8. The summed E-state index contributed by atoms with van der Waals surface area (Å²) in [5.41, 5.74) is 8.36. The molecule has 0 aliphatic carbocycles. The van der Waals surface area contributed by atoms with Crippen LogP contribution in [-0.2, 0) is 17.8 Å². The molecule has 7 heteroatoms. The van der Waals surface area contributed by atoms with E-state index in [-0.39, 0.29) is 17.5 Å². The van der Waals surface area contributed by atoms with Crippen LogP contribution in [0.5, 0.6) is 0 Å². The third-order valence-corrected chi connectivity index (χ3v) is 4.72. The SMILES string of the molecule is CC(CN)C(=O)N1CCc2c(cccc2NC(=O)Nc2ccccc2F)C1. The van der Waals surface area contributed by atoms with Gasteiger partial charge in [-0.15, -0.1) is 0 Å². The number of urea groups is 1. The molecule has 2 aromatic carbocycles. The van der Waals surface area contributed by atoms with Crippen LogP contribution in [0.3, 0.4) is 0 Å². The largest absolute Gasteiger partial charge is 0.338 e. The fourth-order valence-electron chi connectivity index (χ4n) is 3.17. The summed E-state index contributed by atoms with van der Waals surface area (Å²) >= 11 is 0. The van der Waals surface area contributed by atoms with Crippen molar-refractivity contribution in [2.45, 2.75) is 19.9 Å². The van der Waals surface area contributed by atoms with E-state index in [0.29, 0.717) is 31.7 Å². The molecule has 0 bridgehead atoms. The number of para-hydroxylation sites is 1. The maximum atomic E-state index is 13.7. The molecule has 1 atom stereocenters. The van der Waals surface area contributed by atoms with Crippen molar-refractivity contribution in [2.24, 2.45) is 11.7 Å². The van der Waals surface area contributed by atoms with E-state index in [1.807, 2.05) is 19.1 Å². The van der Waals surface area contributed by atoms with Crippen LogP contribution < -0.4 is 16.4 Å². The predicted molar refractivity (Wildman–Crippen MR) is 103 cm³/mol.